The third-order valence-corrected chi connectivity index (χ3v) is 2.26. The first kappa shape index (κ1) is 10.1. The van der Waals surface area contributed by atoms with Crippen molar-refractivity contribution in [2.75, 3.05) is 7.05 Å². The van der Waals surface area contributed by atoms with Crippen LogP contribution in [0.4, 0.5) is 0 Å². The molecule has 0 bridgehead atoms. The Labute approximate surface area is 79.8 Å². The highest BCUT2D eigenvalue weighted by atomic mass is 15.1. The van der Waals surface area contributed by atoms with Crippen LogP contribution < -0.4 is 0 Å². The summed E-state index contributed by atoms with van der Waals surface area (Å²) in [4.78, 5) is 10.7. The lowest BCUT2D eigenvalue weighted by Gasteiger charge is -2.20. The van der Waals surface area contributed by atoms with E-state index in [1.165, 1.54) is 0 Å². The molecule has 0 atom stereocenters. The summed E-state index contributed by atoms with van der Waals surface area (Å²) >= 11 is 0. The van der Waals surface area contributed by atoms with Gasteiger partial charge in [-0.1, -0.05) is 0 Å². The minimum Gasteiger partial charge on any atom is -0.298 e. The number of hydrogen-bond donors (Lipinski definition) is 0. The van der Waals surface area contributed by atoms with Crippen molar-refractivity contribution in [1.29, 1.82) is 0 Å². The Morgan fingerprint density at radius 1 is 1.31 bits per heavy atom. The molecule has 0 aliphatic rings. The van der Waals surface area contributed by atoms with Crippen LogP contribution in [-0.2, 0) is 6.54 Å². The highest BCUT2D eigenvalue weighted by Crippen LogP contribution is 2.05. The third kappa shape index (κ3) is 2.77. The molecule has 0 unspecified atom stereocenters. The van der Waals surface area contributed by atoms with E-state index in [9.17, 15) is 0 Å². The van der Waals surface area contributed by atoms with Crippen molar-refractivity contribution in [2.45, 2.75) is 33.4 Å². The quantitative estimate of drug-likeness (QED) is 0.706. The molecule has 0 fully saturated rings. The van der Waals surface area contributed by atoms with E-state index < -0.39 is 0 Å². The van der Waals surface area contributed by atoms with Gasteiger partial charge in [-0.25, -0.2) is 0 Å². The fourth-order valence-electron chi connectivity index (χ4n) is 1.01. The predicted molar refractivity (Wildman–Crippen MR) is 53.4 cm³/mol. The molecule has 3 nitrogen and oxygen atoms in total. The average molecular weight is 179 g/mol. The highest BCUT2D eigenvalue weighted by molar-refractivity contribution is 5.07. The van der Waals surface area contributed by atoms with Crippen LogP contribution in [0.15, 0.2) is 12.4 Å². The maximum atomic E-state index is 4.30. The monoisotopic (exact) mass is 179 g/mol. The molecule has 72 valence electrons. The van der Waals surface area contributed by atoms with Crippen LogP contribution in [0.3, 0.4) is 0 Å². The first-order valence-corrected chi connectivity index (χ1v) is 4.58. The zero-order chi connectivity index (χ0) is 9.84. The zero-order valence-corrected chi connectivity index (χ0v) is 8.78. The molecular weight excluding hydrogens is 162 g/mol. The lowest BCUT2D eigenvalue weighted by Crippen LogP contribution is -2.26. The van der Waals surface area contributed by atoms with E-state index in [1.54, 1.807) is 12.4 Å². The number of aromatic nitrogens is 2. The normalized spacial score (nSPS) is 11.2. The van der Waals surface area contributed by atoms with Gasteiger partial charge in [0.05, 0.1) is 11.4 Å². The van der Waals surface area contributed by atoms with E-state index in [4.69, 9.17) is 0 Å². The Bertz CT molecular complexity index is 271. The van der Waals surface area contributed by atoms with Crippen molar-refractivity contribution in [3.63, 3.8) is 0 Å². The molecule has 0 saturated heterocycles. The van der Waals surface area contributed by atoms with Gasteiger partial charge in [-0.15, -0.1) is 0 Å². The van der Waals surface area contributed by atoms with Crippen molar-refractivity contribution in [3.8, 4) is 0 Å². The molecule has 1 aromatic heterocycles. The SMILES string of the molecule is Cc1nccnc1CN(C)C(C)C. The van der Waals surface area contributed by atoms with Gasteiger partial charge in [-0.05, 0) is 27.8 Å². The molecule has 0 aliphatic carbocycles. The summed E-state index contributed by atoms with van der Waals surface area (Å²) in [6, 6.07) is 0.543. The predicted octanol–water partition coefficient (Wildman–Crippen LogP) is 1.63. The topological polar surface area (TPSA) is 29.0 Å². The zero-order valence-electron chi connectivity index (χ0n) is 8.78. The van der Waals surface area contributed by atoms with Crippen molar-refractivity contribution in [1.82, 2.24) is 14.9 Å². The van der Waals surface area contributed by atoms with Crippen molar-refractivity contribution in [2.24, 2.45) is 0 Å². The number of nitrogens with zero attached hydrogens (tertiary/aromatic N) is 3. The molecule has 0 amide bonds. The lowest BCUT2D eigenvalue weighted by molar-refractivity contribution is 0.261. The van der Waals surface area contributed by atoms with Gasteiger partial charge < -0.3 is 0 Å². The molecule has 1 heterocycles. The molecular formula is C10H17N3. The van der Waals surface area contributed by atoms with Crippen LogP contribution in [-0.4, -0.2) is 28.0 Å². The summed E-state index contributed by atoms with van der Waals surface area (Å²) in [5.74, 6) is 0. The summed E-state index contributed by atoms with van der Waals surface area (Å²) in [6.45, 7) is 7.21. The summed E-state index contributed by atoms with van der Waals surface area (Å²) in [5.41, 5.74) is 2.09. The minimum absolute atomic E-state index is 0.543. The van der Waals surface area contributed by atoms with Gasteiger partial charge in [0.25, 0.3) is 0 Å². The van der Waals surface area contributed by atoms with Crippen molar-refractivity contribution in [3.05, 3.63) is 23.8 Å². The standard InChI is InChI=1S/C10H17N3/c1-8(2)13(4)7-10-9(3)11-5-6-12-10/h5-6,8H,7H2,1-4H3. The average Bonchev–Trinajstić information content (AvgIpc) is 2.08. The van der Waals surface area contributed by atoms with Crippen LogP contribution in [0.2, 0.25) is 0 Å². The number of hydrogen-bond acceptors (Lipinski definition) is 3. The van der Waals surface area contributed by atoms with Crippen LogP contribution in [0.25, 0.3) is 0 Å². The smallest absolute Gasteiger partial charge is 0.0755 e. The Morgan fingerprint density at radius 2 is 1.92 bits per heavy atom. The first-order valence-electron chi connectivity index (χ1n) is 4.58. The largest absolute Gasteiger partial charge is 0.298 e. The number of aryl methyl sites for hydroxylation is 1. The second-order valence-corrected chi connectivity index (χ2v) is 3.60. The molecule has 0 aromatic carbocycles. The van der Waals surface area contributed by atoms with E-state index in [0.717, 1.165) is 17.9 Å². The van der Waals surface area contributed by atoms with E-state index in [-0.39, 0.29) is 0 Å². The summed E-state index contributed by atoms with van der Waals surface area (Å²) in [7, 11) is 2.10. The second kappa shape index (κ2) is 4.33. The minimum atomic E-state index is 0.543. The summed E-state index contributed by atoms with van der Waals surface area (Å²) in [6.07, 6.45) is 3.48. The Balaban J connectivity index is 2.69. The van der Waals surface area contributed by atoms with Gasteiger partial charge in [-0.2, -0.15) is 0 Å². The van der Waals surface area contributed by atoms with Gasteiger partial charge >= 0.3 is 0 Å². The molecule has 0 saturated carbocycles. The van der Waals surface area contributed by atoms with E-state index >= 15 is 0 Å². The van der Waals surface area contributed by atoms with E-state index in [2.05, 4.69) is 35.8 Å². The maximum Gasteiger partial charge on any atom is 0.0755 e. The van der Waals surface area contributed by atoms with Gasteiger partial charge in [0.15, 0.2) is 0 Å². The van der Waals surface area contributed by atoms with E-state index in [1.807, 2.05) is 6.92 Å². The Morgan fingerprint density at radius 3 is 2.46 bits per heavy atom. The molecule has 1 aromatic rings. The van der Waals surface area contributed by atoms with Crippen LogP contribution in [0, 0.1) is 6.92 Å². The second-order valence-electron chi connectivity index (χ2n) is 3.60. The molecule has 3 heteroatoms. The van der Waals surface area contributed by atoms with Gasteiger partial charge in [0.2, 0.25) is 0 Å². The van der Waals surface area contributed by atoms with Gasteiger partial charge in [0, 0.05) is 25.0 Å². The molecule has 0 spiro atoms. The Hall–Kier alpha value is -0.960. The van der Waals surface area contributed by atoms with Crippen LogP contribution in [0.5, 0.6) is 0 Å². The number of rotatable bonds is 3. The van der Waals surface area contributed by atoms with Crippen molar-refractivity contribution >= 4 is 0 Å². The van der Waals surface area contributed by atoms with Crippen LogP contribution in [0.1, 0.15) is 25.2 Å². The Kier molecular flexibility index (Phi) is 3.37. The van der Waals surface area contributed by atoms with Crippen LogP contribution >= 0.6 is 0 Å². The summed E-state index contributed by atoms with van der Waals surface area (Å²) < 4.78 is 0. The lowest BCUT2D eigenvalue weighted by atomic mass is 10.2. The third-order valence-electron chi connectivity index (χ3n) is 2.26. The van der Waals surface area contributed by atoms with E-state index in [0.29, 0.717) is 6.04 Å². The molecule has 13 heavy (non-hydrogen) atoms. The van der Waals surface area contributed by atoms with Gasteiger partial charge in [0.1, 0.15) is 0 Å². The highest BCUT2D eigenvalue weighted by Gasteiger charge is 2.07. The van der Waals surface area contributed by atoms with Gasteiger partial charge in [-0.3, -0.25) is 14.9 Å². The maximum absolute atomic E-state index is 4.30. The molecule has 1 rings (SSSR count). The molecule has 0 N–H and O–H groups in total. The van der Waals surface area contributed by atoms with Crippen molar-refractivity contribution < 1.29 is 0 Å². The summed E-state index contributed by atoms with van der Waals surface area (Å²) in [5, 5.41) is 0. The fraction of sp³-hybridized carbons (Fsp3) is 0.600. The molecule has 0 radical (unpaired) electrons. The first-order chi connectivity index (χ1) is 6.11. The molecule has 0 aliphatic heterocycles. The fourth-order valence-corrected chi connectivity index (χ4v) is 1.01.